The number of thioether (sulfide) groups is 1. The molecule has 1 amide bonds. The van der Waals surface area contributed by atoms with Gasteiger partial charge in [0.1, 0.15) is 11.6 Å². The smallest absolute Gasteiger partial charge is 0.231 e. The number of nitrogens with zero attached hydrogens (tertiary/aromatic N) is 3. The molecule has 0 spiro atoms. The summed E-state index contributed by atoms with van der Waals surface area (Å²) in [5.74, 6) is 0.851. The highest BCUT2D eigenvalue weighted by Crippen LogP contribution is 2.27. The first-order valence-corrected chi connectivity index (χ1v) is 13.8. The van der Waals surface area contributed by atoms with Gasteiger partial charge in [-0.15, -0.1) is 21.5 Å². The number of hydrogen-bond donors (Lipinski definition) is 1. The highest BCUT2D eigenvalue weighted by molar-refractivity contribution is 7.99. The van der Waals surface area contributed by atoms with Gasteiger partial charge in [-0.05, 0) is 41.5 Å². The van der Waals surface area contributed by atoms with Crippen molar-refractivity contribution < 1.29 is 17.6 Å². The van der Waals surface area contributed by atoms with Crippen molar-refractivity contribution in [2.75, 3.05) is 17.3 Å². The molecular weight excluding hydrogens is 471 g/mol. The molecule has 4 rings (SSSR count). The van der Waals surface area contributed by atoms with Crippen LogP contribution in [-0.2, 0) is 28.1 Å². The van der Waals surface area contributed by atoms with Crippen LogP contribution >= 0.6 is 23.1 Å². The predicted molar refractivity (Wildman–Crippen MR) is 123 cm³/mol. The quantitative estimate of drug-likeness (QED) is 0.484. The summed E-state index contributed by atoms with van der Waals surface area (Å²) in [6.07, 6.45) is 1.20. The van der Waals surface area contributed by atoms with Crippen molar-refractivity contribution in [3.8, 4) is 0 Å². The van der Waals surface area contributed by atoms with E-state index in [0.717, 1.165) is 16.3 Å². The van der Waals surface area contributed by atoms with E-state index in [4.69, 9.17) is 0 Å². The fourth-order valence-electron chi connectivity index (χ4n) is 3.70. The maximum absolute atomic E-state index is 13.3. The van der Waals surface area contributed by atoms with E-state index in [-0.39, 0.29) is 40.9 Å². The maximum atomic E-state index is 13.3. The van der Waals surface area contributed by atoms with E-state index < -0.39 is 9.84 Å². The highest BCUT2D eigenvalue weighted by atomic mass is 32.2. The molecule has 3 heterocycles. The molecule has 0 bridgehead atoms. The van der Waals surface area contributed by atoms with E-state index in [1.54, 1.807) is 12.1 Å². The third kappa shape index (κ3) is 5.57. The van der Waals surface area contributed by atoms with E-state index in [0.29, 0.717) is 18.0 Å². The Morgan fingerprint density at radius 2 is 2.09 bits per heavy atom. The number of thiophene rings is 1. The third-order valence-electron chi connectivity index (χ3n) is 5.39. The highest BCUT2D eigenvalue weighted by Gasteiger charge is 2.29. The molecular formula is C21H23FN4O3S3. The first kappa shape index (κ1) is 22.9. The van der Waals surface area contributed by atoms with Gasteiger partial charge in [-0.2, -0.15) is 0 Å². The lowest BCUT2D eigenvalue weighted by Gasteiger charge is -2.18. The zero-order chi connectivity index (χ0) is 22.7. The van der Waals surface area contributed by atoms with E-state index >= 15 is 0 Å². The topological polar surface area (TPSA) is 93.9 Å². The molecule has 1 aromatic carbocycles. The number of carbonyl (C=O) groups is 1. The summed E-state index contributed by atoms with van der Waals surface area (Å²) in [6, 6.07) is 9.60. The second-order valence-electron chi connectivity index (χ2n) is 7.79. The molecule has 1 N–H and O–H groups in total. The van der Waals surface area contributed by atoms with Gasteiger partial charge in [0.05, 0.1) is 23.3 Å². The Kier molecular flexibility index (Phi) is 6.96. The van der Waals surface area contributed by atoms with Crippen molar-refractivity contribution in [1.29, 1.82) is 0 Å². The third-order valence-corrected chi connectivity index (χ3v) is 9.19. The van der Waals surface area contributed by atoms with Gasteiger partial charge < -0.3 is 9.88 Å². The molecule has 2 aromatic heterocycles. The average Bonchev–Trinajstić information content (AvgIpc) is 3.48. The molecule has 1 saturated heterocycles. The van der Waals surface area contributed by atoms with Gasteiger partial charge in [0.2, 0.25) is 5.91 Å². The number of rotatable bonds is 8. The van der Waals surface area contributed by atoms with Crippen molar-refractivity contribution in [3.05, 3.63) is 63.9 Å². The fourth-order valence-corrected chi connectivity index (χ4v) is 7.11. The molecule has 0 saturated carbocycles. The maximum Gasteiger partial charge on any atom is 0.231 e. The average molecular weight is 495 g/mol. The molecule has 2 atom stereocenters. The van der Waals surface area contributed by atoms with Crippen LogP contribution in [0.15, 0.2) is 46.9 Å². The van der Waals surface area contributed by atoms with Crippen LogP contribution in [0.5, 0.6) is 0 Å². The summed E-state index contributed by atoms with van der Waals surface area (Å²) in [6.45, 7) is 0. The summed E-state index contributed by atoms with van der Waals surface area (Å²) >= 11 is 2.80. The molecule has 0 unspecified atom stereocenters. The lowest BCUT2D eigenvalue weighted by Crippen LogP contribution is -2.30. The van der Waals surface area contributed by atoms with Gasteiger partial charge in [0, 0.05) is 18.3 Å². The number of nitrogens with one attached hydrogen (secondary N) is 1. The van der Waals surface area contributed by atoms with Gasteiger partial charge in [0.25, 0.3) is 0 Å². The zero-order valence-electron chi connectivity index (χ0n) is 17.4. The predicted octanol–water partition coefficient (Wildman–Crippen LogP) is 2.99. The molecule has 1 aliphatic heterocycles. The van der Waals surface area contributed by atoms with E-state index in [2.05, 4.69) is 15.5 Å². The van der Waals surface area contributed by atoms with Gasteiger partial charge in [-0.3, -0.25) is 4.79 Å². The van der Waals surface area contributed by atoms with Crippen molar-refractivity contribution in [3.63, 3.8) is 0 Å². The van der Waals surface area contributed by atoms with Crippen LogP contribution in [0.2, 0.25) is 0 Å². The first-order valence-electron chi connectivity index (χ1n) is 10.1. The first-order chi connectivity index (χ1) is 15.3. The number of benzene rings is 1. The van der Waals surface area contributed by atoms with Crippen molar-refractivity contribution >= 4 is 38.8 Å². The molecule has 11 heteroatoms. The number of carbonyl (C=O) groups excluding carboxylic acids is 1. The molecule has 3 aromatic rings. The number of sulfone groups is 1. The zero-order valence-corrected chi connectivity index (χ0v) is 19.9. The lowest BCUT2D eigenvalue weighted by molar-refractivity contribution is -0.119. The lowest BCUT2D eigenvalue weighted by atomic mass is 10.1. The Bertz CT molecular complexity index is 1180. The van der Waals surface area contributed by atoms with Gasteiger partial charge in [0.15, 0.2) is 15.0 Å². The number of aromatic nitrogens is 3. The summed E-state index contributed by atoms with van der Waals surface area (Å²) in [5, 5.41) is 13.9. The summed E-state index contributed by atoms with van der Waals surface area (Å²) in [4.78, 5) is 13.7. The summed E-state index contributed by atoms with van der Waals surface area (Å²) in [5.41, 5.74) is 0.805. The van der Waals surface area contributed by atoms with Crippen molar-refractivity contribution in [1.82, 2.24) is 20.1 Å². The van der Waals surface area contributed by atoms with Crippen LogP contribution in [0, 0.1) is 11.7 Å². The second kappa shape index (κ2) is 9.72. The Labute approximate surface area is 194 Å². The monoisotopic (exact) mass is 494 g/mol. The van der Waals surface area contributed by atoms with E-state index in [9.17, 15) is 17.6 Å². The molecule has 0 radical (unpaired) electrons. The van der Waals surface area contributed by atoms with Crippen LogP contribution in [0.3, 0.4) is 0 Å². The van der Waals surface area contributed by atoms with Crippen LogP contribution in [0.4, 0.5) is 4.39 Å². The molecule has 7 nitrogen and oxygen atoms in total. The molecule has 1 fully saturated rings. The second-order valence-corrected chi connectivity index (χ2v) is 11.9. The number of amides is 1. The fraction of sp³-hybridized carbons (Fsp3) is 0.381. The van der Waals surface area contributed by atoms with Gasteiger partial charge in [-0.25, -0.2) is 12.8 Å². The van der Waals surface area contributed by atoms with Gasteiger partial charge >= 0.3 is 0 Å². The molecule has 1 aliphatic rings. The Balaban J connectivity index is 1.38. The van der Waals surface area contributed by atoms with Crippen molar-refractivity contribution in [2.45, 2.75) is 24.0 Å². The van der Waals surface area contributed by atoms with E-state index in [1.807, 2.05) is 29.1 Å². The standard InChI is InChI=1S/C21H23FN4O3S3/c1-26-18(11-14-8-10-32(28,29)13-14)24-25-21(26)31-12-19(27)23-20(17-3-2-9-30-17)15-4-6-16(22)7-5-15/h2-7,9,14,20H,8,10-13H2,1H3,(H,23,27)/t14-,20+/m0/s1. The molecule has 0 aliphatic carbocycles. The summed E-state index contributed by atoms with van der Waals surface area (Å²) in [7, 11) is -1.11. The minimum Gasteiger partial charge on any atom is -0.344 e. The minimum atomic E-state index is -2.93. The molecule has 170 valence electrons. The Morgan fingerprint density at radius 3 is 2.75 bits per heavy atom. The SMILES string of the molecule is Cn1c(C[C@@H]2CCS(=O)(=O)C2)nnc1SCC(=O)N[C@H](c1ccc(F)cc1)c1cccs1. The van der Waals surface area contributed by atoms with Crippen molar-refractivity contribution in [2.24, 2.45) is 13.0 Å². The minimum absolute atomic E-state index is 0.0614. The largest absolute Gasteiger partial charge is 0.344 e. The van der Waals surface area contributed by atoms with Gasteiger partial charge in [-0.1, -0.05) is 30.0 Å². The Morgan fingerprint density at radius 1 is 1.31 bits per heavy atom. The van der Waals surface area contributed by atoms with Crippen LogP contribution in [0.1, 0.15) is 28.7 Å². The Hall–Kier alpha value is -2.24. The van der Waals surface area contributed by atoms with Crippen LogP contribution in [-0.4, -0.2) is 46.3 Å². The van der Waals surface area contributed by atoms with E-state index in [1.165, 1.54) is 35.2 Å². The number of hydrogen-bond acceptors (Lipinski definition) is 7. The summed E-state index contributed by atoms with van der Waals surface area (Å²) < 4.78 is 38.5. The number of halogens is 1. The normalized spacial score (nSPS) is 18.5. The molecule has 32 heavy (non-hydrogen) atoms. The van der Waals surface area contributed by atoms with Crippen LogP contribution in [0.25, 0.3) is 0 Å². The van der Waals surface area contributed by atoms with Crippen LogP contribution < -0.4 is 5.32 Å².